The van der Waals surface area contributed by atoms with Crippen molar-refractivity contribution in [3.05, 3.63) is 34.9 Å². The number of hydrogen-bond acceptors (Lipinski definition) is 4. The summed E-state index contributed by atoms with van der Waals surface area (Å²) in [5.74, 6) is -0.103. The Bertz CT molecular complexity index is 711. The molecule has 7 nitrogen and oxygen atoms in total. The molecule has 22 heavy (non-hydrogen) atoms. The first kappa shape index (κ1) is 16.2. The maximum absolute atomic E-state index is 12.2. The zero-order valence-electron chi connectivity index (χ0n) is 13.2. The van der Waals surface area contributed by atoms with E-state index in [0.717, 1.165) is 0 Å². The van der Waals surface area contributed by atoms with E-state index >= 15 is 0 Å². The number of aromatic nitrogens is 3. The number of pyridine rings is 1. The molecule has 0 aromatic carbocycles. The Morgan fingerprint density at radius 1 is 1.41 bits per heavy atom. The van der Waals surface area contributed by atoms with Gasteiger partial charge in [0.1, 0.15) is 0 Å². The van der Waals surface area contributed by atoms with Gasteiger partial charge in [0, 0.05) is 25.7 Å². The van der Waals surface area contributed by atoms with E-state index in [1.807, 2.05) is 6.92 Å². The van der Waals surface area contributed by atoms with Crippen LogP contribution in [0.1, 0.15) is 27.2 Å². The molecule has 120 valence electrons. The first-order valence-electron chi connectivity index (χ1n) is 7.36. The van der Waals surface area contributed by atoms with Crippen LogP contribution < -0.4 is 5.69 Å². The van der Waals surface area contributed by atoms with E-state index in [9.17, 15) is 14.7 Å². The molecule has 1 amide bonds. The average molecular weight is 306 g/mol. The molecule has 1 N–H and O–H groups in total. The number of nitrogens with zero attached hydrogens (tertiary/aromatic N) is 4. The highest BCUT2D eigenvalue weighted by molar-refractivity contribution is 5.76. The lowest BCUT2D eigenvalue weighted by Gasteiger charge is -2.28. The molecule has 0 aliphatic rings. The number of hydrogen-bond donors (Lipinski definition) is 1. The van der Waals surface area contributed by atoms with Gasteiger partial charge in [0.2, 0.25) is 5.91 Å². The van der Waals surface area contributed by atoms with Crippen LogP contribution in [-0.2, 0) is 11.3 Å². The van der Waals surface area contributed by atoms with E-state index in [1.165, 1.54) is 9.08 Å². The minimum absolute atomic E-state index is 0.103. The monoisotopic (exact) mass is 306 g/mol. The van der Waals surface area contributed by atoms with Crippen molar-refractivity contribution < 1.29 is 9.90 Å². The van der Waals surface area contributed by atoms with Gasteiger partial charge in [0.25, 0.3) is 0 Å². The van der Waals surface area contributed by atoms with Gasteiger partial charge >= 0.3 is 5.69 Å². The van der Waals surface area contributed by atoms with Crippen LogP contribution in [0, 0.1) is 0 Å². The summed E-state index contributed by atoms with van der Waals surface area (Å²) >= 11 is 0. The number of rotatable bonds is 6. The van der Waals surface area contributed by atoms with E-state index < -0.39 is 5.60 Å². The third-order valence-electron chi connectivity index (χ3n) is 3.34. The summed E-state index contributed by atoms with van der Waals surface area (Å²) < 4.78 is 2.74. The molecule has 0 bridgehead atoms. The summed E-state index contributed by atoms with van der Waals surface area (Å²) in [4.78, 5) is 25.9. The number of carbonyl (C=O) groups is 1. The van der Waals surface area contributed by atoms with Crippen LogP contribution in [0.2, 0.25) is 0 Å². The Labute approximate surface area is 128 Å². The summed E-state index contributed by atoms with van der Waals surface area (Å²) in [5, 5.41) is 14.0. The number of aliphatic hydroxyl groups is 1. The van der Waals surface area contributed by atoms with E-state index in [-0.39, 0.29) is 31.1 Å². The molecule has 0 saturated carbocycles. The maximum atomic E-state index is 12.2. The van der Waals surface area contributed by atoms with Crippen LogP contribution in [0.15, 0.2) is 29.2 Å². The Morgan fingerprint density at radius 2 is 2.14 bits per heavy atom. The smallest absolute Gasteiger partial charge is 0.350 e. The quantitative estimate of drug-likeness (QED) is 0.843. The molecule has 0 aliphatic heterocycles. The average Bonchev–Trinajstić information content (AvgIpc) is 2.78. The van der Waals surface area contributed by atoms with Crippen molar-refractivity contribution >= 4 is 11.6 Å². The Balaban J connectivity index is 2.06. The zero-order valence-corrected chi connectivity index (χ0v) is 13.2. The standard InChI is InChI=1S/C15H22N4O3/c1-4-17(11-15(2,3)22)13(20)8-10-19-14(21)18-9-6-5-7-12(18)16-19/h5-7,9,22H,4,8,10-11H2,1-3H3. The molecule has 7 heteroatoms. The lowest BCUT2D eigenvalue weighted by atomic mass is 10.1. The highest BCUT2D eigenvalue weighted by atomic mass is 16.3. The zero-order chi connectivity index (χ0) is 16.3. The Hall–Kier alpha value is -2.15. The van der Waals surface area contributed by atoms with Crippen molar-refractivity contribution in [3.63, 3.8) is 0 Å². The molecule has 2 heterocycles. The van der Waals surface area contributed by atoms with Crippen LogP contribution in [0.3, 0.4) is 0 Å². The second-order valence-electron chi connectivity index (χ2n) is 5.90. The molecular formula is C15H22N4O3. The van der Waals surface area contributed by atoms with Gasteiger partial charge in [0.15, 0.2) is 5.65 Å². The Morgan fingerprint density at radius 3 is 2.73 bits per heavy atom. The first-order chi connectivity index (χ1) is 10.3. The summed E-state index contributed by atoms with van der Waals surface area (Å²) in [6, 6.07) is 5.31. The number of amides is 1. The molecule has 0 atom stereocenters. The van der Waals surface area contributed by atoms with Crippen molar-refractivity contribution in [2.45, 2.75) is 39.3 Å². The minimum atomic E-state index is -0.939. The highest BCUT2D eigenvalue weighted by Crippen LogP contribution is 2.07. The molecule has 0 radical (unpaired) electrons. The van der Waals surface area contributed by atoms with Gasteiger partial charge in [-0.3, -0.25) is 9.20 Å². The van der Waals surface area contributed by atoms with Crippen molar-refractivity contribution in [1.29, 1.82) is 0 Å². The number of aryl methyl sites for hydroxylation is 1. The predicted octanol–water partition coefficient (Wildman–Crippen LogP) is 0.505. The fourth-order valence-electron chi connectivity index (χ4n) is 2.32. The van der Waals surface area contributed by atoms with Crippen LogP contribution in [0.4, 0.5) is 0 Å². The van der Waals surface area contributed by atoms with Crippen LogP contribution in [0.5, 0.6) is 0 Å². The third kappa shape index (κ3) is 3.73. The van der Waals surface area contributed by atoms with Crippen molar-refractivity contribution in [2.24, 2.45) is 0 Å². The highest BCUT2D eigenvalue weighted by Gasteiger charge is 2.21. The third-order valence-corrected chi connectivity index (χ3v) is 3.34. The van der Waals surface area contributed by atoms with Gasteiger partial charge in [-0.25, -0.2) is 9.48 Å². The largest absolute Gasteiger partial charge is 0.389 e. The predicted molar refractivity (Wildman–Crippen MR) is 82.6 cm³/mol. The molecule has 0 spiro atoms. The van der Waals surface area contributed by atoms with E-state index in [1.54, 1.807) is 43.1 Å². The van der Waals surface area contributed by atoms with Gasteiger partial charge in [-0.15, -0.1) is 5.10 Å². The van der Waals surface area contributed by atoms with Gasteiger partial charge in [-0.05, 0) is 32.9 Å². The first-order valence-corrected chi connectivity index (χ1v) is 7.36. The van der Waals surface area contributed by atoms with Crippen molar-refractivity contribution in [2.75, 3.05) is 13.1 Å². The topological polar surface area (TPSA) is 79.8 Å². The molecule has 0 unspecified atom stereocenters. The second-order valence-corrected chi connectivity index (χ2v) is 5.90. The molecule has 2 aromatic heterocycles. The number of carbonyl (C=O) groups excluding carboxylic acids is 1. The van der Waals surface area contributed by atoms with E-state index in [0.29, 0.717) is 12.2 Å². The van der Waals surface area contributed by atoms with Gasteiger partial charge in [0.05, 0.1) is 12.1 Å². The fraction of sp³-hybridized carbons (Fsp3) is 0.533. The summed E-state index contributed by atoms with van der Waals surface area (Å²) in [7, 11) is 0. The molecule has 2 aromatic rings. The molecule has 0 aliphatic carbocycles. The number of likely N-dealkylation sites (N-methyl/N-ethyl adjacent to an activating group) is 1. The lowest BCUT2D eigenvalue weighted by molar-refractivity contribution is -0.134. The van der Waals surface area contributed by atoms with Crippen LogP contribution >= 0.6 is 0 Å². The molecule has 2 rings (SSSR count). The lowest BCUT2D eigenvalue weighted by Crippen LogP contribution is -2.42. The molecule has 0 fully saturated rings. The summed E-state index contributed by atoms with van der Waals surface area (Å²) in [6.45, 7) is 6.19. The minimum Gasteiger partial charge on any atom is -0.389 e. The van der Waals surface area contributed by atoms with Gasteiger partial charge in [-0.1, -0.05) is 6.07 Å². The molecular weight excluding hydrogens is 284 g/mol. The van der Waals surface area contributed by atoms with Crippen molar-refractivity contribution in [1.82, 2.24) is 19.1 Å². The summed E-state index contributed by atoms with van der Waals surface area (Å²) in [5.41, 5.74) is -0.635. The second kappa shape index (κ2) is 6.31. The van der Waals surface area contributed by atoms with Gasteiger partial charge in [-0.2, -0.15) is 0 Å². The van der Waals surface area contributed by atoms with Crippen molar-refractivity contribution in [3.8, 4) is 0 Å². The normalized spacial score (nSPS) is 11.8. The van der Waals surface area contributed by atoms with Crippen LogP contribution in [-0.4, -0.2) is 48.8 Å². The van der Waals surface area contributed by atoms with Crippen LogP contribution in [0.25, 0.3) is 5.65 Å². The van der Waals surface area contributed by atoms with E-state index in [4.69, 9.17) is 0 Å². The Kier molecular flexibility index (Phi) is 4.65. The van der Waals surface area contributed by atoms with E-state index in [2.05, 4.69) is 5.10 Å². The molecule has 0 saturated heterocycles. The summed E-state index contributed by atoms with van der Waals surface area (Å²) in [6.07, 6.45) is 1.82. The SMILES string of the molecule is CCN(CC(C)(C)O)C(=O)CCn1nc2ccccn2c1=O. The van der Waals surface area contributed by atoms with Gasteiger partial charge < -0.3 is 10.0 Å². The maximum Gasteiger partial charge on any atom is 0.350 e. The fourth-order valence-corrected chi connectivity index (χ4v) is 2.32. The number of fused-ring (bicyclic) bond motifs is 1.